The second-order valence-electron chi connectivity index (χ2n) is 11.9. The van der Waals surface area contributed by atoms with Crippen molar-refractivity contribution in [1.29, 1.82) is 10.5 Å². The molecule has 0 aliphatic heterocycles. The van der Waals surface area contributed by atoms with Gasteiger partial charge in [0.2, 0.25) is 0 Å². The molecule has 9 rings (SSSR count). The van der Waals surface area contributed by atoms with Gasteiger partial charge in [-0.05, 0) is 47.5 Å². The van der Waals surface area contributed by atoms with Gasteiger partial charge in [-0.25, -0.2) is 0 Å². The standard InChI is InChI=1S/C44H26N4/c45-27-31-25-26-32(38(28-46)44(31)48-42-19-9-4-14-36(42)37-15-5-10-20-43(37)48)29-21-23-30(24-22-29)33-11-1-6-16-39(33)47-40-17-7-2-12-34(40)35-13-3-8-18-41(35)47/h1-26H. The number of nitriles is 2. The molecule has 2 heterocycles. The summed E-state index contributed by atoms with van der Waals surface area (Å²) in [4.78, 5) is 0. The van der Waals surface area contributed by atoms with Crippen LogP contribution < -0.4 is 0 Å². The third-order valence-electron chi connectivity index (χ3n) is 9.45. The van der Waals surface area contributed by atoms with Crippen molar-refractivity contribution in [1.82, 2.24) is 9.13 Å². The van der Waals surface area contributed by atoms with Gasteiger partial charge >= 0.3 is 0 Å². The van der Waals surface area contributed by atoms with Crippen LogP contribution in [0.15, 0.2) is 158 Å². The lowest BCUT2D eigenvalue weighted by Crippen LogP contribution is -2.03. The fourth-order valence-electron chi connectivity index (χ4n) is 7.35. The first-order valence-corrected chi connectivity index (χ1v) is 15.9. The van der Waals surface area contributed by atoms with Gasteiger partial charge in [0.15, 0.2) is 0 Å². The van der Waals surface area contributed by atoms with Crippen molar-refractivity contribution in [2.75, 3.05) is 0 Å². The normalized spacial score (nSPS) is 11.3. The molecule has 9 aromatic rings. The molecule has 0 N–H and O–H groups in total. The van der Waals surface area contributed by atoms with Crippen LogP contribution in [0, 0.1) is 22.7 Å². The maximum atomic E-state index is 10.7. The minimum Gasteiger partial charge on any atom is -0.309 e. The van der Waals surface area contributed by atoms with E-state index in [1.165, 1.54) is 10.8 Å². The number of aromatic nitrogens is 2. The Morgan fingerprint density at radius 1 is 0.375 bits per heavy atom. The van der Waals surface area contributed by atoms with E-state index in [1.807, 2.05) is 48.5 Å². The molecule has 48 heavy (non-hydrogen) atoms. The molecule has 0 saturated heterocycles. The average Bonchev–Trinajstić information content (AvgIpc) is 3.67. The average molecular weight is 611 g/mol. The molecule has 4 nitrogen and oxygen atoms in total. The fourth-order valence-corrected chi connectivity index (χ4v) is 7.35. The molecule has 0 bridgehead atoms. The van der Waals surface area contributed by atoms with E-state index in [2.05, 4.69) is 130 Å². The van der Waals surface area contributed by atoms with Gasteiger partial charge in [-0.1, -0.05) is 121 Å². The monoisotopic (exact) mass is 610 g/mol. The van der Waals surface area contributed by atoms with E-state index in [1.54, 1.807) is 0 Å². The predicted octanol–water partition coefficient (Wildman–Crippen LogP) is 11.0. The van der Waals surface area contributed by atoms with Gasteiger partial charge in [-0.2, -0.15) is 10.5 Å². The topological polar surface area (TPSA) is 57.4 Å². The molecule has 7 aromatic carbocycles. The Kier molecular flexibility index (Phi) is 6.22. The van der Waals surface area contributed by atoms with Gasteiger partial charge in [-0.3, -0.25) is 0 Å². The summed E-state index contributed by atoms with van der Waals surface area (Å²) in [5.74, 6) is 0. The van der Waals surface area contributed by atoms with Crippen molar-refractivity contribution < 1.29 is 0 Å². The van der Waals surface area contributed by atoms with Gasteiger partial charge in [-0.15, -0.1) is 0 Å². The lowest BCUT2D eigenvalue weighted by Gasteiger charge is -2.16. The second-order valence-corrected chi connectivity index (χ2v) is 11.9. The van der Waals surface area contributed by atoms with Crippen molar-refractivity contribution in [3.63, 3.8) is 0 Å². The quantitative estimate of drug-likeness (QED) is 0.199. The summed E-state index contributed by atoms with van der Waals surface area (Å²) in [6, 6.07) is 58.9. The maximum Gasteiger partial charge on any atom is 0.102 e. The molecule has 0 spiro atoms. The zero-order valence-corrected chi connectivity index (χ0v) is 25.8. The number of hydrogen-bond acceptors (Lipinski definition) is 2. The Labute approximate surface area is 277 Å². The molecule has 0 radical (unpaired) electrons. The highest BCUT2D eigenvalue weighted by atomic mass is 15.0. The van der Waals surface area contributed by atoms with Crippen LogP contribution in [0.25, 0.3) is 77.2 Å². The van der Waals surface area contributed by atoms with Crippen LogP contribution in [0.2, 0.25) is 0 Å². The molecule has 0 aliphatic carbocycles. The van der Waals surface area contributed by atoms with Crippen molar-refractivity contribution >= 4 is 43.6 Å². The van der Waals surface area contributed by atoms with Crippen molar-refractivity contribution in [2.24, 2.45) is 0 Å². The molecule has 0 unspecified atom stereocenters. The largest absolute Gasteiger partial charge is 0.309 e. The number of rotatable bonds is 4. The highest BCUT2D eigenvalue weighted by Gasteiger charge is 2.21. The van der Waals surface area contributed by atoms with Crippen LogP contribution in [-0.2, 0) is 0 Å². The van der Waals surface area contributed by atoms with Crippen molar-refractivity contribution in [2.45, 2.75) is 0 Å². The minimum atomic E-state index is 0.457. The van der Waals surface area contributed by atoms with Crippen LogP contribution in [0.4, 0.5) is 0 Å². The van der Waals surface area contributed by atoms with E-state index in [0.717, 1.165) is 60.8 Å². The van der Waals surface area contributed by atoms with Gasteiger partial charge in [0.1, 0.15) is 12.1 Å². The van der Waals surface area contributed by atoms with Crippen LogP contribution in [-0.4, -0.2) is 9.13 Å². The first kappa shape index (κ1) is 27.4. The van der Waals surface area contributed by atoms with E-state index in [4.69, 9.17) is 0 Å². The lowest BCUT2D eigenvalue weighted by molar-refractivity contribution is 1.16. The summed E-state index contributed by atoms with van der Waals surface area (Å²) in [5, 5.41) is 25.6. The summed E-state index contributed by atoms with van der Waals surface area (Å²) in [6.45, 7) is 0. The molecule has 222 valence electrons. The predicted molar refractivity (Wildman–Crippen MR) is 195 cm³/mol. The Bertz CT molecular complexity index is 2690. The van der Waals surface area contributed by atoms with Crippen LogP contribution >= 0.6 is 0 Å². The molecule has 0 saturated carbocycles. The molecule has 2 aromatic heterocycles. The van der Waals surface area contributed by atoms with Crippen molar-refractivity contribution in [3.05, 3.63) is 169 Å². The summed E-state index contributed by atoms with van der Waals surface area (Å²) >= 11 is 0. The molecule has 0 atom stereocenters. The first-order chi connectivity index (χ1) is 23.8. The SMILES string of the molecule is N#Cc1ccc(-c2ccc(-c3ccccc3-n3c4ccccc4c4ccccc43)cc2)c(C#N)c1-n1c2ccccc2c2ccccc21. The number of para-hydroxylation sites is 5. The highest BCUT2D eigenvalue weighted by Crippen LogP contribution is 2.39. The molecular weight excluding hydrogens is 585 g/mol. The van der Waals surface area contributed by atoms with Gasteiger partial charge in [0.25, 0.3) is 0 Å². The fraction of sp³-hybridized carbons (Fsp3) is 0. The summed E-state index contributed by atoms with van der Waals surface area (Å²) in [5.41, 5.74) is 10.8. The smallest absolute Gasteiger partial charge is 0.102 e. The van der Waals surface area contributed by atoms with Crippen LogP contribution in [0.3, 0.4) is 0 Å². The first-order valence-electron chi connectivity index (χ1n) is 15.9. The number of benzene rings is 7. The molecule has 0 amide bonds. The van der Waals surface area contributed by atoms with Gasteiger partial charge in [0.05, 0.1) is 44.6 Å². The summed E-state index contributed by atoms with van der Waals surface area (Å²) < 4.78 is 4.42. The Morgan fingerprint density at radius 2 is 0.812 bits per heavy atom. The Morgan fingerprint density at radius 3 is 1.31 bits per heavy atom. The Balaban J connectivity index is 1.21. The lowest BCUT2D eigenvalue weighted by atomic mass is 9.94. The Hall–Kier alpha value is -6.88. The number of fused-ring (bicyclic) bond motifs is 6. The molecular formula is C44H26N4. The summed E-state index contributed by atoms with van der Waals surface area (Å²) in [6.07, 6.45) is 0. The van der Waals surface area contributed by atoms with E-state index >= 15 is 0 Å². The molecule has 0 fully saturated rings. The zero-order chi connectivity index (χ0) is 32.2. The third kappa shape index (κ3) is 4.01. The van der Waals surface area contributed by atoms with Gasteiger partial charge < -0.3 is 9.13 Å². The zero-order valence-electron chi connectivity index (χ0n) is 25.8. The van der Waals surface area contributed by atoms with Crippen LogP contribution in [0.1, 0.15) is 11.1 Å². The van der Waals surface area contributed by atoms with E-state index in [9.17, 15) is 10.5 Å². The van der Waals surface area contributed by atoms with E-state index in [0.29, 0.717) is 16.8 Å². The highest BCUT2D eigenvalue weighted by molar-refractivity contribution is 6.11. The maximum absolute atomic E-state index is 10.7. The van der Waals surface area contributed by atoms with Crippen molar-refractivity contribution in [3.8, 4) is 45.8 Å². The summed E-state index contributed by atoms with van der Waals surface area (Å²) in [7, 11) is 0. The van der Waals surface area contributed by atoms with E-state index < -0.39 is 0 Å². The second kappa shape index (κ2) is 10.9. The molecule has 4 heteroatoms. The van der Waals surface area contributed by atoms with Gasteiger partial charge in [0, 0.05) is 32.7 Å². The molecule has 0 aliphatic rings. The van der Waals surface area contributed by atoms with Crippen LogP contribution in [0.5, 0.6) is 0 Å². The minimum absolute atomic E-state index is 0.457. The van der Waals surface area contributed by atoms with E-state index in [-0.39, 0.29) is 0 Å². The number of nitrogens with zero attached hydrogens (tertiary/aromatic N) is 4. The number of hydrogen-bond donors (Lipinski definition) is 0. The third-order valence-corrected chi connectivity index (χ3v) is 9.45.